The van der Waals surface area contributed by atoms with Gasteiger partial charge in [0.05, 0.1) is 6.04 Å². The molecule has 0 radical (unpaired) electrons. The molecule has 0 aromatic heterocycles. The third kappa shape index (κ3) is 4.23. The lowest BCUT2D eigenvalue weighted by atomic mass is 9.84. The predicted octanol–water partition coefficient (Wildman–Crippen LogP) is 5.20. The number of alkyl halides is 1. The fraction of sp³-hybridized carbons (Fsp3) is 0.440. The van der Waals surface area contributed by atoms with Gasteiger partial charge in [0.2, 0.25) is 0 Å². The van der Waals surface area contributed by atoms with Crippen molar-refractivity contribution in [3.05, 3.63) is 70.3 Å². The molecule has 0 unspecified atom stereocenters. The first-order chi connectivity index (χ1) is 14.7. The molecule has 2 aromatic carbocycles. The fourth-order valence-corrected chi connectivity index (χ4v) is 4.93. The third-order valence-corrected chi connectivity index (χ3v) is 6.11. The first-order valence-electron chi connectivity index (χ1n) is 10.8. The average Bonchev–Trinajstić information content (AvgIpc) is 3.05. The molecule has 31 heavy (non-hydrogen) atoms. The Labute approximate surface area is 181 Å². The van der Waals surface area contributed by atoms with Crippen molar-refractivity contribution in [1.82, 2.24) is 4.90 Å². The maximum Gasteiger partial charge on any atom is 0.134 e. The second kappa shape index (κ2) is 8.32. The fourth-order valence-electron chi connectivity index (χ4n) is 4.93. The summed E-state index contributed by atoms with van der Waals surface area (Å²) in [6.07, 6.45) is 1.33. The van der Waals surface area contributed by atoms with Crippen LogP contribution in [0.25, 0.3) is 5.57 Å². The van der Waals surface area contributed by atoms with Crippen molar-refractivity contribution >= 4 is 5.57 Å². The standard InChI is InChI=1S/C25H29F3N2O/c1-15-10-19-18-7-5-4-6-16(18)11-20(19)24(30(15)14-25(2,3)28)23-21(26)12-17(13-22(23)27)31-9-8-29/h4-7,12-13,15,24H,8-11,14,29H2,1-3H3/t15-,24+/m1/s1. The first kappa shape index (κ1) is 21.9. The van der Waals surface area contributed by atoms with Crippen LogP contribution in [0, 0.1) is 11.6 Å². The summed E-state index contributed by atoms with van der Waals surface area (Å²) in [4.78, 5) is 1.91. The minimum atomic E-state index is -1.51. The van der Waals surface area contributed by atoms with Gasteiger partial charge in [0.1, 0.15) is 29.7 Å². The molecule has 0 bridgehead atoms. The summed E-state index contributed by atoms with van der Waals surface area (Å²) < 4.78 is 50.8. The third-order valence-electron chi connectivity index (χ3n) is 6.11. The van der Waals surface area contributed by atoms with Gasteiger partial charge in [0.15, 0.2) is 0 Å². The smallest absolute Gasteiger partial charge is 0.134 e. The number of halogens is 3. The molecule has 0 saturated heterocycles. The summed E-state index contributed by atoms with van der Waals surface area (Å²) in [5.74, 6) is -1.26. The molecule has 0 fully saturated rings. The summed E-state index contributed by atoms with van der Waals surface area (Å²) in [7, 11) is 0. The SMILES string of the molecule is C[C@@H]1CC2=C(Cc3ccccc32)[C@@H](c2c(F)cc(OCCN)cc2F)N1CC(C)(C)F. The molecule has 2 N–H and O–H groups in total. The zero-order chi connectivity index (χ0) is 22.3. The molecule has 2 aromatic rings. The molecule has 0 amide bonds. The van der Waals surface area contributed by atoms with E-state index in [4.69, 9.17) is 10.5 Å². The van der Waals surface area contributed by atoms with E-state index >= 15 is 8.78 Å². The van der Waals surface area contributed by atoms with Crippen LogP contribution in [-0.2, 0) is 6.42 Å². The van der Waals surface area contributed by atoms with Crippen molar-refractivity contribution < 1.29 is 17.9 Å². The second-order valence-corrected chi connectivity index (χ2v) is 9.12. The van der Waals surface area contributed by atoms with E-state index in [1.807, 2.05) is 24.0 Å². The first-order valence-corrected chi connectivity index (χ1v) is 10.8. The van der Waals surface area contributed by atoms with E-state index in [-0.39, 0.29) is 37.1 Å². The van der Waals surface area contributed by atoms with Crippen LogP contribution < -0.4 is 10.5 Å². The largest absolute Gasteiger partial charge is 0.492 e. The van der Waals surface area contributed by atoms with E-state index in [1.165, 1.54) is 26.0 Å². The molecule has 0 spiro atoms. The maximum atomic E-state index is 15.3. The predicted molar refractivity (Wildman–Crippen MR) is 117 cm³/mol. The molecular weight excluding hydrogens is 401 g/mol. The van der Waals surface area contributed by atoms with Crippen LogP contribution in [0.5, 0.6) is 5.75 Å². The maximum absolute atomic E-state index is 15.3. The van der Waals surface area contributed by atoms with Crippen molar-refractivity contribution in [3.63, 3.8) is 0 Å². The Bertz CT molecular complexity index is 989. The van der Waals surface area contributed by atoms with Crippen molar-refractivity contribution in [3.8, 4) is 5.75 Å². The highest BCUT2D eigenvalue weighted by Gasteiger charge is 2.42. The van der Waals surface area contributed by atoms with Gasteiger partial charge in [0, 0.05) is 36.8 Å². The van der Waals surface area contributed by atoms with Crippen LogP contribution >= 0.6 is 0 Å². The molecule has 3 nitrogen and oxygen atoms in total. The summed E-state index contributed by atoms with van der Waals surface area (Å²) in [6.45, 7) is 5.50. The van der Waals surface area contributed by atoms with Crippen LogP contribution in [-0.4, -0.2) is 36.3 Å². The topological polar surface area (TPSA) is 38.5 Å². The van der Waals surface area contributed by atoms with Crippen molar-refractivity contribution in [1.29, 1.82) is 0 Å². The summed E-state index contributed by atoms with van der Waals surface area (Å²) >= 11 is 0. The van der Waals surface area contributed by atoms with Crippen LogP contribution in [0.3, 0.4) is 0 Å². The number of rotatable bonds is 6. The lowest BCUT2D eigenvalue weighted by Gasteiger charge is -2.44. The van der Waals surface area contributed by atoms with E-state index in [0.29, 0.717) is 6.42 Å². The number of nitrogens with zero attached hydrogens (tertiary/aromatic N) is 1. The second-order valence-electron chi connectivity index (χ2n) is 9.12. The van der Waals surface area contributed by atoms with Gasteiger partial charge in [-0.2, -0.15) is 0 Å². The van der Waals surface area contributed by atoms with E-state index in [9.17, 15) is 4.39 Å². The van der Waals surface area contributed by atoms with Crippen LogP contribution in [0.1, 0.15) is 49.9 Å². The molecular formula is C25H29F3N2O. The van der Waals surface area contributed by atoms with Gasteiger partial charge in [-0.15, -0.1) is 0 Å². The Hall–Kier alpha value is -2.31. The minimum Gasteiger partial charge on any atom is -0.492 e. The van der Waals surface area contributed by atoms with Gasteiger partial charge in [-0.1, -0.05) is 24.3 Å². The molecule has 1 aliphatic carbocycles. The highest BCUT2D eigenvalue weighted by molar-refractivity contribution is 5.79. The van der Waals surface area contributed by atoms with Crippen molar-refractivity contribution in [2.45, 2.75) is 51.4 Å². The molecule has 1 heterocycles. The Balaban J connectivity index is 1.84. The summed E-state index contributed by atoms with van der Waals surface area (Å²) in [5.41, 5.74) is 8.25. The lowest BCUT2D eigenvalue weighted by molar-refractivity contribution is 0.0676. The highest BCUT2D eigenvalue weighted by Crippen LogP contribution is 2.50. The minimum absolute atomic E-state index is 0.0452. The molecule has 166 valence electrons. The van der Waals surface area contributed by atoms with Crippen LogP contribution in [0.2, 0.25) is 0 Å². The van der Waals surface area contributed by atoms with Crippen LogP contribution in [0.4, 0.5) is 13.2 Å². The van der Waals surface area contributed by atoms with Crippen molar-refractivity contribution in [2.75, 3.05) is 19.7 Å². The Morgan fingerprint density at radius 1 is 1.16 bits per heavy atom. The molecule has 0 saturated carbocycles. The number of hydrogen-bond donors (Lipinski definition) is 1. The van der Waals surface area contributed by atoms with E-state index in [1.54, 1.807) is 0 Å². The molecule has 6 heteroatoms. The average molecular weight is 431 g/mol. The number of benzene rings is 2. The lowest BCUT2D eigenvalue weighted by Crippen LogP contribution is -2.47. The van der Waals surface area contributed by atoms with Gasteiger partial charge in [-0.05, 0) is 55.9 Å². The summed E-state index contributed by atoms with van der Waals surface area (Å²) in [6, 6.07) is 9.73. The van der Waals surface area contributed by atoms with Crippen molar-refractivity contribution in [2.24, 2.45) is 5.73 Å². The zero-order valence-electron chi connectivity index (χ0n) is 18.2. The van der Waals surface area contributed by atoms with Gasteiger partial charge < -0.3 is 10.5 Å². The van der Waals surface area contributed by atoms with Gasteiger partial charge in [0.25, 0.3) is 0 Å². The van der Waals surface area contributed by atoms with Gasteiger partial charge >= 0.3 is 0 Å². The zero-order valence-corrected chi connectivity index (χ0v) is 18.2. The summed E-state index contributed by atoms with van der Waals surface area (Å²) in [5, 5.41) is 0. The van der Waals surface area contributed by atoms with Crippen LogP contribution in [0.15, 0.2) is 42.0 Å². The molecule has 2 atom stereocenters. The molecule has 2 aliphatic rings. The monoisotopic (exact) mass is 430 g/mol. The van der Waals surface area contributed by atoms with Gasteiger partial charge in [-0.3, -0.25) is 4.90 Å². The number of fused-ring (bicyclic) bond motifs is 2. The Morgan fingerprint density at radius 2 is 1.84 bits per heavy atom. The normalized spacial score (nSPS) is 21.3. The number of ether oxygens (including phenoxy) is 1. The number of hydrogen-bond acceptors (Lipinski definition) is 3. The quantitative estimate of drug-likeness (QED) is 0.685. The van der Waals surface area contributed by atoms with E-state index < -0.39 is 23.3 Å². The number of nitrogens with two attached hydrogens (primary N) is 1. The Kier molecular flexibility index (Phi) is 5.88. The molecule has 4 rings (SSSR count). The van der Waals surface area contributed by atoms with E-state index in [2.05, 4.69) is 12.1 Å². The van der Waals surface area contributed by atoms with Gasteiger partial charge in [-0.25, -0.2) is 13.2 Å². The highest BCUT2D eigenvalue weighted by atomic mass is 19.1. The Morgan fingerprint density at radius 3 is 2.48 bits per heavy atom. The molecule has 1 aliphatic heterocycles. The van der Waals surface area contributed by atoms with E-state index in [0.717, 1.165) is 28.7 Å².